The van der Waals surface area contributed by atoms with Crippen molar-refractivity contribution in [2.75, 3.05) is 10.6 Å². The molecule has 200 valence electrons. The molecular weight excluding hydrogens is 551 g/mol. The third-order valence-electron chi connectivity index (χ3n) is 6.06. The second kappa shape index (κ2) is 11.8. The number of anilines is 2. The number of hydrogen-bond donors (Lipinski definition) is 4. The smallest absolute Gasteiger partial charge is 0.276 e. The molecule has 0 bridgehead atoms. The van der Waals surface area contributed by atoms with Gasteiger partial charge in [-0.1, -0.05) is 83.9 Å². The molecule has 0 saturated heterocycles. The molecule has 2 atom stereocenters. The van der Waals surface area contributed by atoms with Gasteiger partial charge in [0.15, 0.2) is 0 Å². The highest BCUT2D eigenvalue weighted by Gasteiger charge is 2.25. The van der Waals surface area contributed by atoms with Gasteiger partial charge >= 0.3 is 0 Å². The lowest BCUT2D eigenvalue weighted by Crippen LogP contribution is -2.24. The number of carbonyl (C=O) groups excluding carboxylic acids is 2. The van der Waals surface area contributed by atoms with Crippen molar-refractivity contribution in [3.05, 3.63) is 129 Å². The number of nitrogens with zero attached hydrogens (tertiary/aromatic N) is 2. The molecule has 6 rings (SSSR count). The molecule has 4 aromatic rings. The van der Waals surface area contributed by atoms with Crippen molar-refractivity contribution in [2.24, 2.45) is 9.98 Å². The summed E-state index contributed by atoms with van der Waals surface area (Å²) in [5.41, 5.74) is 5.24. The van der Waals surface area contributed by atoms with Gasteiger partial charge in [-0.3, -0.25) is 9.59 Å². The molecule has 0 spiro atoms. The molecule has 2 aliphatic rings. The lowest BCUT2D eigenvalue weighted by atomic mass is 10.0. The van der Waals surface area contributed by atoms with Crippen LogP contribution in [0, 0.1) is 0 Å². The Morgan fingerprint density at radius 2 is 0.950 bits per heavy atom. The number of aliphatic hydroxyl groups is 2. The van der Waals surface area contributed by atoms with Gasteiger partial charge in [-0.2, -0.15) is 0 Å². The number of aliphatic imine (C=N–C) groups is 2. The minimum atomic E-state index is -1.43. The van der Waals surface area contributed by atoms with Crippen molar-refractivity contribution in [3.63, 3.8) is 0 Å². The Morgan fingerprint density at radius 3 is 1.32 bits per heavy atom. The number of benzene rings is 4. The number of fused-ring (bicyclic) bond motifs is 2. The van der Waals surface area contributed by atoms with Crippen LogP contribution < -0.4 is 10.6 Å². The van der Waals surface area contributed by atoms with Gasteiger partial charge in [-0.05, 0) is 36.4 Å². The normalized spacial score (nSPS) is 17.8. The van der Waals surface area contributed by atoms with Crippen LogP contribution in [0.5, 0.6) is 0 Å². The highest BCUT2D eigenvalue weighted by atomic mass is 35.5. The van der Waals surface area contributed by atoms with Crippen LogP contribution >= 0.6 is 23.2 Å². The summed E-state index contributed by atoms with van der Waals surface area (Å²) in [6, 6.07) is 28.9. The van der Waals surface area contributed by atoms with Crippen LogP contribution in [-0.4, -0.2) is 45.9 Å². The first-order valence-electron chi connectivity index (χ1n) is 12.1. The van der Waals surface area contributed by atoms with Gasteiger partial charge < -0.3 is 20.8 Å². The van der Waals surface area contributed by atoms with E-state index in [0.29, 0.717) is 44.0 Å². The molecule has 0 fully saturated rings. The molecule has 2 aliphatic heterocycles. The minimum absolute atomic E-state index is 0.536. The quantitative estimate of drug-likeness (QED) is 0.273. The lowest BCUT2D eigenvalue weighted by Gasteiger charge is -2.10. The second-order valence-corrected chi connectivity index (χ2v) is 9.67. The maximum absolute atomic E-state index is 11.7. The van der Waals surface area contributed by atoms with Crippen LogP contribution in [0.15, 0.2) is 107 Å². The molecule has 2 heterocycles. The van der Waals surface area contributed by atoms with E-state index in [1.807, 2.05) is 60.7 Å². The molecule has 8 nitrogen and oxygen atoms in total. The van der Waals surface area contributed by atoms with Crippen LogP contribution in [0.4, 0.5) is 11.4 Å². The van der Waals surface area contributed by atoms with E-state index in [1.54, 1.807) is 36.4 Å². The number of rotatable bonds is 2. The van der Waals surface area contributed by atoms with Crippen molar-refractivity contribution in [1.29, 1.82) is 0 Å². The predicted molar refractivity (Wildman–Crippen MR) is 156 cm³/mol. The third-order valence-corrected chi connectivity index (χ3v) is 6.53. The Hall–Kier alpha value is -4.34. The minimum Gasteiger partial charge on any atom is -0.364 e. The molecule has 0 aliphatic carbocycles. The van der Waals surface area contributed by atoms with Crippen LogP contribution in [0.1, 0.15) is 22.3 Å². The second-order valence-electron chi connectivity index (χ2n) is 8.79. The van der Waals surface area contributed by atoms with Crippen LogP contribution in [0.2, 0.25) is 10.0 Å². The zero-order valence-corrected chi connectivity index (χ0v) is 22.3. The molecule has 2 unspecified atom stereocenters. The summed E-state index contributed by atoms with van der Waals surface area (Å²) in [5.74, 6) is -1.11. The summed E-state index contributed by atoms with van der Waals surface area (Å²) in [5, 5.41) is 26.0. The number of carbonyl (C=O) groups is 2. The lowest BCUT2D eigenvalue weighted by molar-refractivity contribution is -0.124. The first kappa shape index (κ1) is 27.2. The van der Waals surface area contributed by atoms with Crippen molar-refractivity contribution in [2.45, 2.75) is 12.5 Å². The molecule has 2 amide bonds. The van der Waals surface area contributed by atoms with Crippen molar-refractivity contribution in [1.82, 2.24) is 0 Å². The average molecular weight is 573 g/mol. The molecule has 40 heavy (non-hydrogen) atoms. The van der Waals surface area contributed by atoms with Crippen LogP contribution in [0.3, 0.4) is 0 Å². The fourth-order valence-electron chi connectivity index (χ4n) is 4.19. The van der Waals surface area contributed by atoms with Gasteiger partial charge in [0.1, 0.15) is 0 Å². The summed E-state index contributed by atoms with van der Waals surface area (Å²) in [6.07, 6.45) is -2.87. The fraction of sp³-hybridized carbons (Fsp3) is 0.0667. The Balaban J connectivity index is 0.000000161. The fourth-order valence-corrected chi connectivity index (χ4v) is 4.53. The van der Waals surface area contributed by atoms with E-state index in [4.69, 9.17) is 23.2 Å². The SMILES string of the molecule is O=C1Nc2ccc(Cl)cc2C(c2ccccc2)=NC1O.O=C1Nc2ccc(Cl)cc2C(c2ccccc2)=NC1O. The third kappa shape index (κ3) is 5.95. The van der Waals surface area contributed by atoms with E-state index < -0.39 is 24.3 Å². The van der Waals surface area contributed by atoms with E-state index in [-0.39, 0.29) is 0 Å². The average Bonchev–Trinajstić information content (AvgIpc) is 3.17. The predicted octanol–water partition coefficient (Wildman–Crippen LogP) is 4.90. The summed E-state index contributed by atoms with van der Waals surface area (Å²) in [6.45, 7) is 0. The van der Waals surface area contributed by atoms with Crippen LogP contribution in [-0.2, 0) is 9.59 Å². The molecule has 4 aromatic carbocycles. The van der Waals surface area contributed by atoms with Crippen molar-refractivity contribution in [3.8, 4) is 0 Å². The number of hydrogen-bond acceptors (Lipinski definition) is 6. The monoisotopic (exact) mass is 572 g/mol. The number of amides is 2. The largest absolute Gasteiger partial charge is 0.364 e. The van der Waals surface area contributed by atoms with Gasteiger partial charge in [0.05, 0.1) is 22.8 Å². The summed E-state index contributed by atoms with van der Waals surface area (Å²) >= 11 is 12.1. The first-order chi connectivity index (χ1) is 19.3. The molecule has 10 heteroatoms. The Kier molecular flexibility index (Phi) is 8.04. The standard InChI is InChI=1S/2C15H11ClN2O2/c2*16-10-6-7-12-11(8-10)13(9-4-2-1-3-5-9)18-15(20)14(19)17-12/h2*1-8,15,20H,(H,17,19). The van der Waals surface area contributed by atoms with Gasteiger partial charge in [0.25, 0.3) is 11.8 Å². The molecule has 4 N–H and O–H groups in total. The topological polar surface area (TPSA) is 123 Å². The Bertz CT molecular complexity index is 1520. The molecule has 0 saturated carbocycles. The first-order valence-corrected chi connectivity index (χ1v) is 12.9. The molecule has 0 radical (unpaired) electrons. The van der Waals surface area contributed by atoms with Crippen molar-refractivity contribution >= 4 is 57.8 Å². The highest BCUT2D eigenvalue weighted by Crippen LogP contribution is 2.28. The number of benzodiazepines with no additional fused rings is 2. The van der Waals surface area contributed by atoms with E-state index >= 15 is 0 Å². The number of nitrogens with one attached hydrogen (secondary N) is 2. The number of aliphatic hydroxyl groups excluding tert-OH is 2. The summed E-state index contributed by atoms with van der Waals surface area (Å²) in [4.78, 5) is 31.7. The zero-order valence-electron chi connectivity index (χ0n) is 20.8. The van der Waals surface area contributed by atoms with Gasteiger partial charge in [0.2, 0.25) is 12.5 Å². The number of halogens is 2. The molecular formula is C30H22Cl2N4O4. The zero-order chi connectivity index (χ0) is 28.2. The van der Waals surface area contributed by atoms with Gasteiger partial charge in [0, 0.05) is 32.3 Å². The Morgan fingerprint density at radius 1 is 0.575 bits per heavy atom. The summed E-state index contributed by atoms with van der Waals surface area (Å²) in [7, 11) is 0. The van der Waals surface area contributed by atoms with E-state index in [9.17, 15) is 19.8 Å². The van der Waals surface area contributed by atoms with Crippen LogP contribution in [0.25, 0.3) is 0 Å². The van der Waals surface area contributed by atoms with Gasteiger partial charge in [-0.15, -0.1) is 0 Å². The van der Waals surface area contributed by atoms with E-state index in [0.717, 1.165) is 11.1 Å². The highest BCUT2D eigenvalue weighted by molar-refractivity contribution is 6.32. The van der Waals surface area contributed by atoms with E-state index in [1.165, 1.54) is 0 Å². The molecule has 0 aromatic heterocycles. The van der Waals surface area contributed by atoms with Gasteiger partial charge in [-0.25, -0.2) is 9.98 Å². The van der Waals surface area contributed by atoms with Crippen molar-refractivity contribution < 1.29 is 19.8 Å². The maximum atomic E-state index is 11.7. The maximum Gasteiger partial charge on any atom is 0.276 e. The summed E-state index contributed by atoms with van der Waals surface area (Å²) < 4.78 is 0. The Labute approximate surface area is 239 Å². The van der Waals surface area contributed by atoms with E-state index in [2.05, 4.69) is 20.6 Å².